The Hall–Kier alpha value is -3.26. The van der Waals surface area contributed by atoms with Gasteiger partial charge in [-0.15, -0.1) is 0 Å². The van der Waals surface area contributed by atoms with Gasteiger partial charge >= 0.3 is 6.18 Å². The lowest BCUT2D eigenvalue weighted by atomic mass is 9.99. The first-order chi connectivity index (χ1) is 15.3. The number of methoxy groups -OCH3 is 1. The van der Waals surface area contributed by atoms with Crippen LogP contribution in [0.1, 0.15) is 18.1 Å². The van der Waals surface area contributed by atoms with Crippen LogP contribution in [0.4, 0.5) is 13.2 Å². The van der Waals surface area contributed by atoms with Crippen LogP contribution in [0.15, 0.2) is 72.2 Å². The highest BCUT2D eigenvalue weighted by molar-refractivity contribution is 6.00. The molecule has 3 aliphatic heterocycles. The zero-order valence-electron chi connectivity index (χ0n) is 17.8. The summed E-state index contributed by atoms with van der Waals surface area (Å²) in [6, 6.07) is 4.13. The Labute approximate surface area is 184 Å². The van der Waals surface area contributed by atoms with E-state index in [4.69, 9.17) is 4.74 Å². The average Bonchev–Trinajstić information content (AvgIpc) is 2.76. The van der Waals surface area contributed by atoms with Crippen molar-refractivity contribution in [3.8, 4) is 5.75 Å². The van der Waals surface area contributed by atoms with Crippen molar-refractivity contribution in [3.05, 3.63) is 83.4 Å². The molecule has 5 nitrogen and oxygen atoms in total. The number of alkyl halides is 3. The SMILES string of the molecule is COc1ccc(C2=C\C(=O)N3C=C(N4CCN[C@H](C)C4)C=C\C3=C/C=C/2)cc1C(F)(F)F. The van der Waals surface area contributed by atoms with E-state index < -0.39 is 11.7 Å². The van der Waals surface area contributed by atoms with Crippen LogP contribution in [0, 0.1) is 0 Å². The van der Waals surface area contributed by atoms with Gasteiger partial charge in [-0.3, -0.25) is 9.69 Å². The quantitative estimate of drug-likeness (QED) is 0.765. The third-order valence-corrected chi connectivity index (χ3v) is 5.60. The van der Waals surface area contributed by atoms with E-state index in [1.54, 1.807) is 24.4 Å². The molecule has 0 radical (unpaired) electrons. The fourth-order valence-electron chi connectivity index (χ4n) is 3.97. The molecule has 1 aromatic rings. The first-order valence-electron chi connectivity index (χ1n) is 10.3. The largest absolute Gasteiger partial charge is 0.496 e. The van der Waals surface area contributed by atoms with Crippen LogP contribution in [0.3, 0.4) is 0 Å². The molecule has 32 heavy (non-hydrogen) atoms. The summed E-state index contributed by atoms with van der Waals surface area (Å²) in [5, 5.41) is 3.39. The summed E-state index contributed by atoms with van der Waals surface area (Å²) in [5.74, 6) is -0.589. The molecule has 0 spiro atoms. The van der Waals surface area contributed by atoms with E-state index in [1.165, 1.54) is 30.2 Å². The fourth-order valence-corrected chi connectivity index (χ4v) is 3.97. The van der Waals surface area contributed by atoms with E-state index in [1.807, 2.05) is 12.2 Å². The number of piperazine rings is 1. The monoisotopic (exact) mass is 443 g/mol. The summed E-state index contributed by atoms with van der Waals surface area (Å²) < 4.78 is 45.2. The number of fused-ring (bicyclic) bond motifs is 1. The Morgan fingerprint density at radius 2 is 1.94 bits per heavy atom. The topological polar surface area (TPSA) is 44.8 Å². The molecule has 1 aromatic carbocycles. The summed E-state index contributed by atoms with van der Waals surface area (Å²) in [4.78, 5) is 16.8. The molecule has 3 aliphatic rings. The number of halogens is 3. The molecule has 8 heteroatoms. The molecule has 168 valence electrons. The maximum Gasteiger partial charge on any atom is 0.419 e. The lowest BCUT2D eigenvalue weighted by molar-refractivity contribution is -0.138. The van der Waals surface area contributed by atoms with E-state index in [-0.39, 0.29) is 17.2 Å². The summed E-state index contributed by atoms with van der Waals surface area (Å²) in [6.45, 7) is 4.61. The molecule has 4 rings (SSSR count). The molecule has 1 saturated heterocycles. The molecular weight excluding hydrogens is 419 g/mol. The molecule has 0 aromatic heterocycles. The van der Waals surface area contributed by atoms with Gasteiger partial charge in [-0.1, -0.05) is 18.2 Å². The van der Waals surface area contributed by atoms with Crippen molar-refractivity contribution in [2.45, 2.75) is 19.1 Å². The number of hydrogen-bond donors (Lipinski definition) is 1. The molecule has 0 saturated carbocycles. The van der Waals surface area contributed by atoms with Gasteiger partial charge in [0.15, 0.2) is 0 Å². The lowest BCUT2D eigenvalue weighted by Crippen LogP contribution is -2.48. The van der Waals surface area contributed by atoms with Crippen LogP contribution >= 0.6 is 0 Å². The van der Waals surface area contributed by atoms with E-state index in [9.17, 15) is 18.0 Å². The minimum Gasteiger partial charge on any atom is -0.496 e. The van der Waals surface area contributed by atoms with Gasteiger partial charge in [-0.25, -0.2) is 0 Å². The van der Waals surface area contributed by atoms with Crippen LogP contribution in [-0.4, -0.2) is 48.5 Å². The lowest BCUT2D eigenvalue weighted by Gasteiger charge is -2.36. The van der Waals surface area contributed by atoms with E-state index in [0.29, 0.717) is 17.3 Å². The minimum atomic E-state index is -4.57. The number of carbonyl (C=O) groups excluding carboxylic acids is 1. The van der Waals surface area contributed by atoms with Crippen molar-refractivity contribution in [2.24, 2.45) is 0 Å². The number of hydrogen-bond acceptors (Lipinski definition) is 4. The standard InChI is InChI=1S/C24H24F3N3O2/c1-16-14-29(11-10-28-16)20-8-7-19-5-3-4-17(13-23(31)30(19)15-20)18-6-9-22(32-2)21(12-18)24(25,26)27/h3-9,12-13,15-16,28H,10-11,14H2,1-2H3/b4-3+,17-13+,19-5+/t16-/m1/s1. The molecule has 1 amide bonds. The van der Waals surface area contributed by atoms with Crippen molar-refractivity contribution >= 4 is 11.5 Å². The first kappa shape index (κ1) is 22.0. The van der Waals surface area contributed by atoms with E-state index >= 15 is 0 Å². The predicted molar refractivity (Wildman–Crippen MR) is 116 cm³/mol. The second-order valence-corrected chi connectivity index (χ2v) is 7.86. The molecule has 1 atom stereocenters. The maximum absolute atomic E-state index is 13.4. The van der Waals surface area contributed by atoms with Crippen molar-refractivity contribution in [1.82, 2.24) is 15.1 Å². The van der Waals surface area contributed by atoms with Gasteiger partial charge in [0.05, 0.1) is 18.4 Å². The van der Waals surface area contributed by atoms with Gasteiger partial charge in [0.25, 0.3) is 5.91 Å². The zero-order chi connectivity index (χ0) is 22.9. The van der Waals surface area contributed by atoms with Gasteiger partial charge in [0.1, 0.15) is 5.75 Å². The third kappa shape index (κ3) is 4.50. The van der Waals surface area contributed by atoms with Crippen LogP contribution in [-0.2, 0) is 11.0 Å². The molecule has 1 N–H and O–H groups in total. The minimum absolute atomic E-state index is 0.260. The number of nitrogens with zero attached hydrogens (tertiary/aromatic N) is 2. The predicted octanol–water partition coefficient (Wildman–Crippen LogP) is 4.08. The smallest absolute Gasteiger partial charge is 0.419 e. The van der Waals surface area contributed by atoms with Crippen molar-refractivity contribution in [2.75, 3.05) is 26.7 Å². The fraction of sp³-hybridized carbons (Fsp3) is 0.292. The van der Waals surface area contributed by atoms with Crippen LogP contribution < -0.4 is 10.1 Å². The molecular formula is C24H24F3N3O2. The van der Waals surface area contributed by atoms with Gasteiger partial charge in [-0.05, 0) is 48.4 Å². The Kier molecular flexibility index (Phi) is 5.97. The van der Waals surface area contributed by atoms with Gasteiger partial charge < -0.3 is 15.0 Å². The second kappa shape index (κ2) is 8.70. The third-order valence-electron chi connectivity index (χ3n) is 5.60. The van der Waals surface area contributed by atoms with E-state index in [2.05, 4.69) is 17.1 Å². The summed E-state index contributed by atoms with van der Waals surface area (Å²) >= 11 is 0. The number of allylic oxidation sites excluding steroid dienone is 6. The summed E-state index contributed by atoms with van der Waals surface area (Å²) in [6.07, 6.45) is 7.56. The molecule has 1 fully saturated rings. The highest BCUT2D eigenvalue weighted by Crippen LogP contribution is 2.38. The van der Waals surface area contributed by atoms with Crippen molar-refractivity contribution in [1.29, 1.82) is 0 Å². The maximum atomic E-state index is 13.4. The Bertz CT molecular complexity index is 1070. The molecule has 0 unspecified atom stereocenters. The number of nitrogens with one attached hydrogen (secondary N) is 1. The number of amides is 1. The molecule has 0 aliphatic carbocycles. The Morgan fingerprint density at radius 1 is 1.16 bits per heavy atom. The number of benzene rings is 1. The average molecular weight is 443 g/mol. The van der Waals surface area contributed by atoms with E-state index in [0.717, 1.165) is 31.4 Å². The van der Waals surface area contributed by atoms with Crippen LogP contribution in [0.25, 0.3) is 5.57 Å². The summed E-state index contributed by atoms with van der Waals surface area (Å²) in [5.41, 5.74) is 1.41. The number of rotatable bonds is 3. The van der Waals surface area contributed by atoms with Gasteiger partial charge in [0, 0.05) is 43.6 Å². The van der Waals surface area contributed by atoms with Gasteiger partial charge in [0.2, 0.25) is 0 Å². The van der Waals surface area contributed by atoms with Gasteiger partial charge in [-0.2, -0.15) is 13.2 Å². The Morgan fingerprint density at radius 3 is 2.66 bits per heavy atom. The molecule has 0 bridgehead atoms. The highest BCUT2D eigenvalue weighted by Gasteiger charge is 2.34. The van der Waals surface area contributed by atoms with Crippen LogP contribution in [0.2, 0.25) is 0 Å². The zero-order valence-corrected chi connectivity index (χ0v) is 17.8. The first-order valence-corrected chi connectivity index (χ1v) is 10.3. The summed E-state index contributed by atoms with van der Waals surface area (Å²) in [7, 11) is 1.20. The highest BCUT2D eigenvalue weighted by atomic mass is 19.4. The second-order valence-electron chi connectivity index (χ2n) is 7.86. The molecule has 3 heterocycles. The van der Waals surface area contributed by atoms with Crippen molar-refractivity contribution in [3.63, 3.8) is 0 Å². The number of ether oxygens (including phenoxy) is 1. The normalized spacial score (nSPS) is 25.6. The van der Waals surface area contributed by atoms with Crippen LogP contribution in [0.5, 0.6) is 5.75 Å². The Balaban J connectivity index is 1.67. The van der Waals surface area contributed by atoms with Crippen molar-refractivity contribution < 1.29 is 22.7 Å². The number of carbonyl (C=O) groups is 1.